The molecule has 1 unspecified atom stereocenters. The van der Waals surface area contributed by atoms with Crippen LogP contribution in [0.1, 0.15) is 52.4 Å². The average Bonchev–Trinajstić information content (AvgIpc) is 3.46. The number of halogens is 3. The molecule has 0 fully saturated rings. The smallest absolute Gasteiger partial charge is 0.416 e. The molecule has 1 N–H and O–H groups in total. The Morgan fingerprint density at radius 2 is 2.08 bits per heavy atom. The second-order valence-corrected chi connectivity index (χ2v) is 9.79. The van der Waals surface area contributed by atoms with Gasteiger partial charge in [0.1, 0.15) is 28.2 Å². The van der Waals surface area contributed by atoms with Crippen molar-refractivity contribution in [2.75, 3.05) is 11.9 Å². The first-order valence-corrected chi connectivity index (χ1v) is 12.4. The first kappa shape index (κ1) is 26.2. The summed E-state index contributed by atoms with van der Waals surface area (Å²) in [6.45, 7) is 4.01. The van der Waals surface area contributed by atoms with Gasteiger partial charge in [0.2, 0.25) is 0 Å². The summed E-state index contributed by atoms with van der Waals surface area (Å²) in [5.74, 6) is -0.547. The molecule has 4 rings (SSSR count). The largest absolute Gasteiger partial charge is 0.462 e. The van der Waals surface area contributed by atoms with Gasteiger partial charge in [-0.2, -0.15) is 18.4 Å². The molecule has 0 saturated heterocycles. The fourth-order valence-electron chi connectivity index (χ4n) is 4.15. The van der Waals surface area contributed by atoms with Gasteiger partial charge in [0.15, 0.2) is 0 Å². The Morgan fingerprint density at radius 3 is 2.78 bits per heavy atom. The number of ether oxygens (including phenoxy) is 1. The van der Waals surface area contributed by atoms with Gasteiger partial charge in [-0.25, -0.2) is 4.79 Å². The minimum absolute atomic E-state index is 0.115. The molecule has 192 valence electrons. The highest BCUT2D eigenvalue weighted by Crippen LogP contribution is 2.40. The summed E-state index contributed by atoms with van der Waals surface area (Å²) in [7, 11) is 0. The van der Waals surface area contributed by atoms with Crippen molar-refractivity contribution >= 4 is 34.3 Å². The van der Waals surface area contributed by atoms with E-state index < -0.39 is 23.6 Å². The van der Waals surface area contributed by atoms with E-state index in [0.29, 0.717) is 22.9 Å². The number of furan rings is 1. The van der Waals surface area contributed by atoms with Crippen molar-refractivity contribution in [2.24, 2.45) is 5.92 Å². The summed E-state index contributed by atoms with van der Waals surface area (Å²) in [6, 6.07) is 9.39. The van der Waals surface area contributed by atoms with E-state index in [1.54, 1.807) is 6.92 Å². The van der Waals surface area contributed by atoms with E-state index in [1.165, 1.54) is 41.7 Å². The van der Waals surface area contributed by atoms with Crippen molar-refractivity contribution in [3.05, 3.63) is 69.3 Å². The lowest BCUT2D eigenvalue weighted by atomic mass is 9.88. The Hall–Kier alpha value is -3.84. The lowest BCUT2D eigenvalue weighted by Gasteiger charge is -2.18. The van der Waals surface area contributed by atoms with Crippen LogP contribution in [0.5, 0.6) is 0 Å². The number of carbonyl (C=O) groups is 2. The highest BCUT2D eigenvalue weighted by atomic mass is 32.1. The van der Waals surface area contributed by atoms with Crippen molar-refractivity contribution in [3.63, 3.8) is 0 Å². The zero-order valence-corrected chi connectivity index (χ0v) is 20.9. The van der Waals surface area contributed by atoms with Crippen LogP contribution in [-0.4, -0.2) is 18.5 Å². The number of alkyl halides is 3. The van der Waals surface area contributed by atoms with Crippen molar-refractivity contribution < 1.29 is 31.9 Å². The van der Waals surface area contributed by atoms with Gasteiger partial charge in [-0.15, -0.1) is 11.3 Å². The molecule has 0 radical (unpaired) electrons. The number of amides is 1. The lowest BCUT2D eigenvalue weighted by Crippen LogP contribution is -2.17. The van der Waals surface area contributed by atoms with Crippen molar-refractivity contribution in [1.29, 1.82) is 5.26 Å². The summed E-state index contributed by atoms with van der Waals surface area (Å²) >= 11 is 1.30. The highest BCUT2D eigenvalue weighted by molar-refractivity contribution is 7.17. The third-order valence-corrected chi connectivity index (χ3v) is 7.14. The van der Waals surface area contributed by atoms with Crippen LogP contribution in [-0.2, 0) is 28.5 Å². The quantitative estimate of drug-likeness (QED) is 0.214. The number of carbonyl (C=O) groups excluding carboxylic acids is 2. The van der Waals surface area contributed by atoms with Crippen LogP contribution < -0.4 is 5.32 Å². The van der Waals surface area contributed by atoms with E-state index in [4.69, 9.17) is 9.15 Å². The molecule has 1 amide bonds. The number of fused-ring (bicyclic) bond motifs is 1. The van der Waals surface area contributed by atoms with E-state index in [0.717, 1.165) is 35.4 Å². The molecule has 2 heterocycles. The van der Waals surface area contributed by atoms with Gasteiger partial charge in [-0.05, 0) is 61.9 Å². The monoisotopic (exact) mass is 528 g/mol. The second kappa shape index (κ2) is 10.6. The zero-order valence-electron chi connectivity index (χ0n) is 20.1. The molecular formula is C27H23F3N2O4S. The fourth-order valence-corrected chi connectivity index (χ4v) is 5.55. The van der Waals surface area contributed by atoms with Crippen LogP contribution in [0.15, 0.2) is 46.4 Å². The van der Waals surface area contributed by atoms with Crippen LogP contribution in [0.3, 0.4) is 0 Å². The van der Waals surface area contributed by atoms with E-state index in [2.05, 4.69) is 12.2 Å². The van der Waals surface area contributed by atoms with Crippen molar-refractivity contribution in [2.45, 2.75) is 39.3 Å². The fraction of sp³-hybridized carbons (Fsp3) is 0.296. The Balaban J connectivity index is 1.59. The van der Waals surface area contributed by atoms with E-state index in [1.807, 2.05) is 6.07 Å². The number of benzene rings is 1. The third-order valence-electron chi connectivity index (χ3n) is 5.97. The summed E-state index contributed by atoms with van der Waals surface area (Å²) in [5, 5.41) is 12.6. The zero-order chi connectivity index (χ0) is 26.7. The number of rotatable bonds is 6. The minimum Gasteiger partial charge on any atom is -0.462 e. The highest BCUT2D eigenvalue weighted by Gasteiger charge is 2.31. The first-order chi connectivity index (χ1) is 17.6. The molecule has 1 aromatic carbocycles. The number of hydrogen-bond acceptors (Lipinski definition) is 6. The van der Waals surface area contributed by atoms with Crippen LogP contribution in [0, 0.1) is 17.2 Å². The van der Waals surface area contributed by atoms with Crippen LogP contribution in [0.2, 0.25) is 0 Å². The predicted octanol–water partition coefficient (Wildman–Crippen LogP) is 6.87. The Labute approximate surface area is 215 Å². The molecule has 2 aromatic heterocycles. The molecule has 0 spiro atoms. The number of nitrogens with one attached hydrogen (secondary N) is 1. The lowest BCUT2D eigenvalue weighted by molar-refractivity contribution is -0.137. The molecule has 1 aliphatic carbocycles. The van der Waals surface area contributed by atoms with Crippen LogP contribution in [0.4, 0.5) is 18.2 Å². The number of esters is 1. The molecule has 0 saturated carbocycles. The maximum absolute atomic E-state index is 13.0. The van der Waals surface area contributed by atoms with Crippen molar-refractivity contribution in [3.8, 4) is 17.4 Å². The molecule has 6 nitrogen and oxygen atoms in total. The van der Waals surface area contributed by atoms with Crippen LogP contribution >= 0.6 is 11.3 Å². The average molecular weight is 529 g/mol. The van der Waals surface area contributed by atoms with E-state index in [9.17, 15) is 28.0 Å². The molecule has 1 atom stereocenters. The molecule has 1 aliphatic rings. The molecule has 0 aliphatic heterocycles. The Bertz CT molecular complexity index is 1410. The third kappa shape index (κ3) is 5.78. The van der Waals surface area contributed by atoms with Crippen molar-refractivity contribution in [1.82, 2.24) is 0 Å². The standard InChI is InChI=1S/C27H23F3N2O4S/c1-3-35-26(34)23-20-9-7-15(2)11-22(20)37-25(23)32-24(33)17(14-31)13-19-8-10-21(36-19)16-5-4-6-18(12-16)27(28,29)30/h4-6,8,10,12-13,15H,3,7,9,11H2,1-2H3,(H,32,33). The maximum Gasteiger partial charge on any atom is 0.416 e. The van der Waals surface area contributed by atoms with Gasteiger partial charge in [0.05, 0.1) is 17.7 Å². The Kier molecular flexibility index (Phi) is 7.55. The number of hydrogen-bond donors (Lipinski definition) is 1. The normalized spacial score (nSPS) is 15.6. The molecular weight excluding hydrogens is 505 g/mol. The summed E-state index contributed by atoms with van der Waals surface area (Å²) < 4.78 is 49.9. The minimum atomic E-state index is -4.50. The van der Waals surface area contributed by atoms with Gasteiger partial charge in [0, 0.05) is 16.5 Å². The van der Waals surface area contributed by atoms with Crippen LogP contribution in [0.25, 0.3) is 17.4 Å². The number of thiophene rings is 1. The van der Waals surface area contributed by atoms with Gasteiger partial charge >= 0.3 is 12.1 Å². The van der Waals surface area contributed by atoms with Gasteiger partial charge < -0.3 is 14.5 Å². The maximum atomic E-state index is 13.0. The summed E-state index contributed by atoms with van der Waals surface area (Å²) in [6.07, 6.45) is -0.902. The van der Waals surface area contributed by atoms with Gasteiger partial charge in [-0.1, -0.05) is 19.1 Å². The number of nitriles is 1. The summed E-state index contributed by atoms with van der Waals surface area (Å²) in [5.41, 5.74) is 0.288. The second-order valence-electron chi connectivity index (χ2n) is 8.68. The Morgan fingerprint density at radius 1 is 1.30 bits per heavy atom. The van der Waals surface area contributed by atoms with E-state index >= 15 is 0 Å². The number of nitrogens with zero attached hydrogens (tertiary/aromatic N) is 1. The van der Waals surface area contributed by atoms with E-state index in [-0.39, 0.29) is 29.3 Å². The van der Waals surface area contributed by atoms with Gasteiger partial charge in [0.25, 0.3) is 5.91 Å². The molecule has 37 heavy (non-hydrogen) atoms. The number of anilines is 1. The molecule has 10 heteroatoms. The summed E-state index contributed by atoms with van der Waals surface area (Å²) in [4.78, 5) is 26.7. The first-order valence-electron chi connectivity index (χ1n) is 11.6. The predicted molar refractivity (Wildman–Crippen MR) is 133 cm³/mol. The molecule has 0 bridgehead atoms. The topological polar surface area (TPSA) is 92.3 Å². The van der Waals surface area contributed by atoms with Gasteiger partial charge in [-0.3, -0.25) is 4.79 Å². The molecule has 3 aromatic rings. The SMILES string of the molecule is CCOC(=O)c1c(NC(=O)C(C#N)=Cc2ccc(-c3cccc(C(F)(F)F)c3)o2)sc2c1CCC(C)C2.